The number of nitrogens with zero attached hydrogens (tertiary/aromatic N) is 3. The quantitative estimate of drug-likeness (QED) is 0.672. The van der Waals surface area contributed by atoms with Gasteiger partial charge in [-0.05, 0) is 66.6 Å². The van der Waals surface area contributed by atoms with Crippen molar-refractivity contribution in [3.05, 3.63) is 53.5 Å². The van der Waals surface area contributed by atoms with Gasteiger partial charge in [0.15, 0.2) is 0 Å². The fourth-order valence-corrected chi connectivity index (χ4v) is 4.70. The first-order valence-corrected chi connectivity index (χ1v) is 10.3. The molecule has 6 nitrogen and oxygen atoms in total. The molecule has 30 heavy (non-hydrogen) atoms. The largest absolute Gasteiger partial charge is 0.369 e. The van der Waals surface area contributed by atoms with E-state index in [-0.39, 0.29) is 30.8 Å². The summed E-state index contributed by atoms with van der Waals surface area (Å²) in [6.45, 7) is 1.89. The Morgan fingerprint density at radius 1 is 1.17 bits per heavy atom. The molecule has 1 amide bonds. The van der Waals surface area contributed by atoms with Crippen LogP contribution in [-0.4, -0.2) is 35.0 Å². The normalized spacial score (nSPS) is 17.8. The summed E-state index contributed by atoms with van der Waals surface area (Å²) < 4.78 is 0. The van der Waals surface area contributed by atoms with Crippen molar-refractivity contribution in [2.45, 2.75) is 38.1 Å². The van der Waals surface area contributed by atoms with Crippen molar-refractivity contribution in [1.29, 1.82) is 0 Å². The monoisotopic (exact) mass is 423 g/mol. The van der Waals surface area contributed by atoms with Crippen LogP contribution in [0, 0.1) is 0 Å². The second-order valence-electron chi connectivity index (χ2n) is 8.14. The number of nitrogens with two attached hydrogens (primary N) is 2. The maximum Gasteiger partial charge on any atom is 0.223 e. The average Bonchev–Trinajstić information content (AvgIpc) is 3.34. The van der Waals surface area contributed by atoms with Gasteiger partial charge < -0.3 is 16.4 Å². The molecule has 4 N–H and O–H groups in total. The predicted octanol–water partition coefficient (Wildman–Crippen LogP) is 2.77. The van der Waals surface area contributed by atoms with Crippen LogP contribution in [0.3, 0.4) is 0 Å². The van der Waals surface area contributed by atoms with Gasteiger partial charge in [0.1, 0.15) is 0 Å². The molecule has 1 aliphatic heterocycles. The van der Waals surface area contributed by atoms with Gasteiger partial charge >= 0.3 is 0 Å². The van der Waals surface area contributed by atoms with Crippen molar-refractivity contribution < 1.29 is 4.79 Å². The number of pyridine rings is 2. The van der Waals surface area contributed by atoms with Crippen molar-refractivity contribution in [1.82, 2.24) is 9.97 Å². The lowest BCUT2D eigenvalue weighted by molar-refractivity contribution is -0.117. The number of amides is 1. The zero-order valence-corrected chi connectivity index (χ0v) is 17.6. The third-order valence-corrected chi connectivity index (χ3v) is 6.03. The van der Waals surface area contributed by atoms with E-state index in [0.717, 1.165) is 49.0 Å². The Balaban J connectivity index is 0.00000218. The van der Waals surface area contributed by atoms with E-state index in [1.165, 1.54) is 28.8 Å². The van der Waals surface area contributed by atoms with Crippen LogP contribution in [0.1, 0.15) is 29.8 Å². The van der Waals surface area contributed by atoms with Crippen LogP contribution < -0.4 is 16.4 Å². The lowest BCUT2D eigenvalue weighted by atomic mass is 9.99. The van der Waals surface area contributed by atoms with E-state index in [4.69, 9.17) is 16.5 Å². The molecule has 1 fully saturated rings. The van der Waals surface area contributed by atoms with Gasteiger partial charge in [0, 0.05) is 36.4 Å². The second-order valence-corrected chi connectivity index (χ2v) is 8.14. The summed E-state index contributed by atoms with van der Waals surface area (Å²) in [5.74, 6) is -0.374. The number of benzene rings is 1. The Morgan fingerprint density at radius 3 is 2.77 bits per heavy atom. The Hall–Kier alpha value is -2.70. The maximum atomic E-state index is 11.3. The molecule has 2 aromatic heterocycles. The van der Waals surface area contributed by atoms with Crippen molar-refractivity contribution in [3.63, 3.8) is 0 Å². The summed E-state index contributed by atoms with van der Waals surface area (Å²) in [7, 11) is 0. The molecule has 1 aromatic carbocycles. The van der Waals surface area contributed by atoms with Crippen LogP contribution in [0.4, 0.5) is 5.69 Å². The van der Waals surface area contributed by atoms with Crippen molar-refractivity contribution in [2.75, 3.05) is 18.0 Å². The summed E-state index contributed by atoms with van der Waals surface area (Å²) in [5.41, 5.74) is 19.4. The number of aromatic nitrogens is 2. The molecule has 1 saturated heterocycles. The number of fused-ring (bicyclic) bond motifs is 2. The summed E-state index contributed by atoms with van der Waals surface area (Å²) in [6, 6.07) is 10.6. The maximum absolute atomic E-state index is 11.3. The molecule has 7 heteroatoms. The summed E-state index contributed by atoms with van der Waals surface area (Å²) in [4.78, 5) is 23.0. The standard InChI is InChI=1S/C23H25N5O.ClH/c24-16-7-9-28(13-16)23-18-2-1-3-20(18)27-21-5-4-14(11-19(21)23)15-6-8-26-17(10-15)12-22(25)29;/h4-6,8,10-11,16H,1-3,7,9,12-13,24H2,(H2,25,29);1H/t16-;/m0./s1. The first kappa shape index (κ1) is 20.6. The number of halogens is 1. The van der Waals surface area contributed by atoms with E-state index < -0.39 is 0 Å². The van der Waals surface area contributed by atoms with E-state index in [9.17, 15) is 4.79 Å². The van der Waals surface area contributed by atoms with Crippen LogP contribution in [0.5, 0.6) is 0 Å². The highest BCUT2D eigenvalue weighted by Gasteiger charge is 2.27. The van der Waals surface area contributed by atoms with Gasteiger partial charge in [-0.15, -0.1) is 12.4 Å². The fourth-order valence-electron chi connectivity index (χ4n) is 4.70. The van der Waals surface area contributed by atoms with Crippen LogP contribution in [0.25, 0.3) is 22.0 Å². The topological polar surface area (TPSA) is 98.1 Å². The molecule has 3 aromatic rings. The van der Waals surface area contributed by atoms with Crippen LogP contribution in [0.2, 0.25) is 0 Å². The van der Waals surface area contributed by atoms with E-state index in [0.29, 0.717) is 5.69 Å². The minimum Gasteiger partial charge on any atom is -0.369 e. The van der Waals surface area contributed by atoms with Gasteiger partial charge in [0.05, 0.1) is 23.3 Å². The number of hydrogen-bond acceptors (Lipinski definition) is 5. The molecule has 0 spiro atoms. The van der Waals surface area contributed by atoms with Crippen LogP contribution in [-0.2, 0) is 24.1 Å². The molecule has 156 valence electrons. The Morgan fingerprint density at radius 2 is 2.00 bits per heavy atom. The number of primary amides is 1. The number of carbonyl (C=O) groups is 1. The Bertz CT molecular complexity index is 1120. The van der Waals surface area contributed by atoms with Gasteiger partial charge in [0.25, 0.3) is 0 Å². The number of rotatable bonds is 4. The second kappa shape index (κ2) is 8.20. The Kier molecular flexibility index (Phi) is 5.62. The molecule has 0 unspecified atom stereocenters. The van der Waals surface area contributed by atoms with E-state index in [1.54, 1.807) is 6.20 Å². The smallest absolute Gasteiger partial charge is 0.223 e. The van der Waals surface area contributed by atoms with Gasteiger partial charge in [-0.1, -0.05) is 6.07 Å². The molecule has 1 aliphatic carbocycles. The van der Waals surface area contributed by atoms with Crippen LogP contribution in [0.15, 0.2) is 36.5 Å². The summed E-state index contributed by atoms with van der Waals surface area (Å²) >= 11 is 0. The number of hydrogen-bond donors (Lipinski definition) is 2. The summed E-state index contributed by atoms with van der Waals surface area (Å²) in [5, 5.41) is 1.19. The van der Waals surface area contributed by atoms with Gasteiger partial charge in [0.2, 0.25) is 5.91 Å². The molecule has 0 bridgehead atoms. The zero-order chi connectivity index (χ0) is 20.0. The molecule has 5 rings (SSSR count). The number of aryl methyl sites for hydroxylation is 1. The Labute approximate surface area is 182 Å². The zero-order valence-electron chi connectivity index (χ0n) is 16.8. The first-order chi connectivity index (χ1) is 14.1. The number of carbonyl (C=O) groups excluding carboxylic acids is 1. The first-order valence-electron chi connectivity index (χ1n) is 10.3. The molecular weight excluding hydrogens is 398 g/mol. The number of anilines is 1. The van der Waals surface area contributed by atoms with Gasteiger partial charge in [-0.2, -0.15) is 0 Å². The highest BCUT2D eigenvalue weighted by molar-refractivity contribution is 5.97. The highest BCUT2D eigenvalue weighted by Crippen LogP contribution is 2.39. The molecule has 0 saturated carbocycles. The van der Waals surface area contributed by atoms with E-state index in [2.05, 4.69) is 28.1 Å². The fraction of sp³-hybridized carbons (Fsp3) is 0.348. The minimum atomic E-state index is -0.374. The lowest BCUT2D eigenvalue weighted by Crippen LogP contribution is -2.27. The molecule has 3 heterocycles. The molecule has 0 radical (unpaired) electrons. The molecule has 1 atom stereocenters. The lowest BCUT2D eigenvalue weighted by Gasteiger charge is -2.24. The SMILES string of the molecule is Cl.NC(=O)Cc1cc(-c2ccc3nc4c(c(N5CC[C@H](N)C5)c3c2)CCC4)ccn1. The molecule has 2 aliphatic rings. The minimum absolute atomic E-state index is 0. The van der Waals surface area contributed by atoms with Crippen molar-refractivity contribution in [2.24, 2.45) is 11.5 Å². The summed E-state index contributed by atoms with van der Waals surface area (Å²) in [6.07, 6.45) is 6.22. The third kappa shape index (κ3) is 3.73. The van der Waals surface area contributed by atoms with Crippen molar-refractivity contribution >= 4 is 34.9 Å². The van der Waals surface area contributed by atoms with Gasteiger partial charge in [-0.3, -0.25) is 14.8 Å². The molecular formula is C23H26ClN5O. The van der Waals surface area contributed by atoms with E-state index in [1.807, 2.05) is 12.1 Å². The van der Waals surface area contributed by atoms with Crippen molar-refractivity contribution in [3.8, 4) is 11.1 Å². The third-order valence-electron chi connectivity index (χ3n) is 6.03. The van der Waals surface area contributed by atoms with Gasteiger partial charge in [-0.25, -0.2) is 0 Å². The van der Waals surface area contributed by atoms with Crippen LogP contribution >= 0.6 is 12.4 Å². The average molecular weight is 424 g/mol. The highest BCUT2D eigenvalue weighted by atomic mass is 35.5. The van der Waals surface area contributed by atoms with E-state index >= 15 is 0 Å². The predicted molar refractivity (Wildman–Crippen MR) is 122 cm³/mol.